The van der Waals surface area contributed by atoms with Crippen molar-refractivity contribution in [2.75, 3.05) is 6.61 Å². The Balaban J connectivity index is 0. The molecule has 156 valence electrons. The Morgan fingerprint density at radius 2 is 1.25 bits per heavy atom. The Kier molecular flexibility index (Phi) is 13.2. The Labute approximate surface area is 166 Å². The number of carboxylic acid groups (broad SMARTS) is 1. The first-order valence-corrected chi connectivity index (χ1v) is 9.22. The molecule has 0 rings (SSSR count). The summed E-state index contributed by atoms with van der Waals surface area (Å²) in [5, 5.41) is 26.0. The number of carboxylic acids is 1. The summed E-state index contributed by atoms with van der Waals surface area (Å²) >= 11 is 0. The normalized spacial score (nSPS) is 14.0. The number of nitriles is 2. The summed E-state index contributed by atoms with van der Waals surface area (Å²) in [4.78, 5) is 45.2. The molecular weight excluding hydrogens is 364 g/mol. The van der Waals surface area contributed by atoms with Crippen molar-refractivity contribution in [3.63, 3.8) is 0 Å². The van der Waals surface area contributed by atoms with Crippen molar-refractivity contribution >= 4 is 23.5 Å². The third kappa shape index (κ3) is 7.11. The molecular formula is C20H30N2O6. The molecule has 0 fully saturated rings. The van der Waals surface area contributed by atoms with E-state index in [0.717, 1.165) is 0 Å². The topological polar surface area (TPSA) is 145 Å². The van der Waals surface area contributed by atoms with Gasteiger partial charge in [-0.1, -0.05) is 26.7 Å². The highest BCUT2D eigenvalue weighted by Gasteiger charge is 2.44. The van der Waals surface area contributed by atoms with Gasteiger partial charge in [-0.05, 0) is 33.6 Å². The molecule has 0 heterocycles. The van der Waals surface area contributed by atoms with Crippen LogP contribution in [0.2, 0.25) is 0 Å². The Morgan fingerprint density at radius 1 is 0.857 bits per heavy atom. The Morgan fingerprint density at radius 3 is 1.54 bits per heavy atom. The van der Waals surface area contributed by atoms with Crippen molar-refractivity contribution in [3.8, 4) is 12.1 Å². The van der Waals surface area contributed by atoms with Crippen LogP contribution in [0.5, 0.6) is 0 Å². The summed E-state index contributed by atoms with van der Waals surface area (Å²) in [6, 6.07) is 3.65. The molecule has 0 aromatic heterocycles. The van der Waals surface area contributed by atoms with Crippen LogP contribution in [-0.4, -0.2) is 35.2 Å². The number of esters is 1. The number of ketones is 2. The van der Waals surface area contributed by atoms with Gasteiger partial charge in [-0.15, -0.1) is 0 Å². The van der Waals surface area contributed by atoms with Crippen LogP contribution in [-0.2, 0) is 23.9 Å². The van der Waals surface area contributed by atoms with Gasteiger partial charge in [0.1, 0.15) is 22.4 Å². The first-order chi connectivity index (χ1) is 13.1. The number of hydrogen-bond acceptors (Lipinski definition) is 7. The van der Waals surface area contributed by atoms with Crippen LogP contribution in [0, 0.1) is 33.5 Å². The highest BCUT2D eigenvalue weighted by Crippen LogP contribution is 2.31. The lowest BCUT2D eigenvalue weighted by atomic mass is 9.77. The summed E-state index contributed by atoms with van der Waals surface area (Å²) in [5.74, 6) is -2.49. The maximum atomic E-state index is 11.7. The minimum absolute atomic E-state index is 0.102. The van der Waals surface area contributed by atoms with E-state index < -0.39 is 28.6 Å². The van der Waals surface area contributed by atoms with Crippen molar-refractivity contribution in [2.45, 2.75) is 73.1 Å². The van der Waals surface area contributed by atoms with E-state index >= 15 is 0 Å². The fourth-order valence-electron chi connectivity index (χ4n) is 2.82. The van der Waals surface area contributed by atoms with Gasteiger partial charge in [0.15, 0.2) is 0 Å². The van der Waals surface area contributed by atoms with E-state index in [0.29, 0.717) is 19.3 Å². The van der Waals surface area contributed by atoms with Gasteiger partial charge in [-0.3, -0.25) is 19.2 Å². The molecule has 0 aromatic carbocycles. The monoisotopic (exact) mass is 394 g/mol. The summed E-state index contributed by atoms with van der Waals surface area (Å²) < 4.78 is 4.86. The van der Waals surface area contributed by atoms with Crippen LogP contribution in [0.4, 0.5) is 0 Å². The van der Waals surface area contributed by atoms with Crippen molar-refractivity contribution in [1.29, 1.82) is 10.5 Å². The second kappa shape index (κ2) is 13.4. The molecule has 8 nitrogen and oxygen atoms in total. The second-order valence-corrected chi connectivity index (χ2v) is 6.47. The zero-order chi connectivity index (χ0) is 22.4. The predicted octanol–water partition coefficient (Wildman–Crippen LogP) is 3.20. The van der Waals surface area contributed by atoms with Gasteiger partial charge >= 0.3 is 11.9 Å². The largest absolute Gasteiger partial charge is 0.480 e. The van der Waals surface area contributed by atoms with Gasteiger partial charge in [0, 0.05) is 0 Å². The molecule has 8 heteroatoms. The average Bonchev–Trinajstić information content (AvgIpc) is 2.61. The number of nitrogens with zero attached hydrogens (tertiary/aromatic N) is 2. The number of carbonyl (C=O) groups is 4. The first-order valence-electron chi connectivity index (χ1n) is 9.22. The molecule has 0 saturated carbocycles. The second-order valence-electron chi connectivity index (χ2n) is 6.47. The van der Waals surface area contributed by atoms with Crippen molar-refractivity contribution in [1.82, 2.24) is 0 Å². The highest BCUT2D eigenvalue weighted by atomic mass is 16.5. The Hall–Kier alpha value is -2.74. The number of Topliss-reactive ketones (excluding diaryl/α,β-unsaturated/α-hetero) is 2. The molecule has 1 unspecified atom stereocenters. The van der Waals surface area contributed by atoms with Gasteiger partial charge < -0.3 is 9.84 Å². The molecule has 0 spiro atoms. The standard InChI is InChI=1S/C11H17NO3.C9H13NO3/c1-4-6-11(7-8-12,9(3)13)10(14)15-5-2;1-3-4-9(5-6-10,7(2)11)8(12)13/h4-7H2,1-3H3;3-5H2,1-2H3,(H,12,13)/t;9-/m.1/s1. The van der Waals surface area contributed by atoms with E-state index in [1.807, 2.05) is 13.0 Å². The molecule has 0 aliphatic carbocycles. The molecule has 2 atom stereocenters. The third-order valence-corrected chi connectivity index (χ3v) is 4.54. The molecule has 1 N–H and O–H groups in total. The van der Waals surface area contributed by atoms with Crippen LogP contribution >= 0.6 is 0 Å². The lowest BCUT2D eigenvalue weighted by Crippen LogP contribution is -2.39. The van der Waals surface area contributed by atoms with Crippen LogP contribution in [0.1, 0.15) is 73.1 Å². The third-order valence-electron chi connectivity index (χ3n) is 4.54. The molecule has 0 saturated heterocycles. The summed E-state index contributed by atoms with van der Waals surface area (Å²) in [6.07, 6.45) is 1.49. The van der Waals surface area contributed by atoms with Crippen molar-refractivity contribution < 1.29 is 29.0 Å². The summed E-state index contributed by atoms with van der Waals surface area (Å²) in [5.41, 5.74) is -2.73. The zero-order valence-corrected chi connectivity index (χ0v) is 17.3. The van der Waals surface area contributed by atoms with E-state index in [1.54, 1.807) is 19.9 Å². The average molecular weight is 394 g/mol. The van der Waals surface area contributed by atoms with Gasteiger partial charge in [-0.25, -0.2) is 0 Å². The quantitative estimate of drug-likeness (QED) is 0.415. The minimum Gasteiger partial charge on any atom is -0.480 e. The summed E-state index contributed by atoms with van der Waals surface area (Å²) in [6.45, 7) is 8.13. The van der Waals surface area contributed by atoms with E-state index in [-0.39, 0.29) is 31.7 Å². The van der Waals surface area contributed by atoms with Gasteiger partial charge in [-0.2, -0.15) is 10.5 Å². The van der Waals surface area contributed by atoms with E-state index in [1.165, 1.54) is 13.8 Å². The fraction of sp³-hybridized carbons (Fsp3) is 0.700. The van der Waals surface area contributed by atoms with Gasteiger partial charge in [0.05, 0.1) is 31.6 Å². The van der Waals surface area contributed by atoms with Crippen LogP contribution in [0.3, 0.4) is 0 Å². The van der Waals surface area contributed by atoms with E-state index in [2.05, 4.69) is 0 Å². The molecule has 0 amide bonds. The summed E-state index contributed by atoms with van der Waals surface area (Å²) in [7, 11) is 0. The maximum absolute atomic E-state index is 11.7. The molecule has 0 aromatic rings. The number of ether oxygens (including phenoxy) is 1. The van der Waals surface area contributed by atoms with E-state index in [9.17, 15) is 19.2 Å². The fourth-order valence-corrected chi connectivity index (χ4v) is 2.82. The SMILES string of the molecule is CCCC(CC#N)(C(C)=O)C(=O)OCC.CCC[C@@](CC#N)(C(C)=O)C(=O)O. The van der Waals surface area contributed by atoms with Gasteiger partial charge in [0.2, 0.25) is 0 Å². The molecule has 0 radical (unpaired) electrons. The minimum atomic E-state index is -1.48. The van der Waals surface area contributed by atoms with Crippen LogP contribution in [0.25, 0.3) is 0 Å². The first kappa shape index (κ1) is 27.5. The Bertz CT molecular complexity index is 630. The van der Waals surface area contributed by atoms with Crippen molar-refractivity contribution in [3.05, 3.63) is 0 Å². The van der Waals surface area contributed by atoms with Gasteiger partial charge in [0.25, 0.3) is 0 Å². The molecule has 0 aliphatic rings. The zero-order valence-electron chi connectivity index (χ0n) is 17.3. The highest BCUT2D eigenvalue weighted by molar-refractivity contribution is 6.03. The van der Waals surface area contributed by atoms with Crippen molar-refractivity contribution in [2.24, 2.45) is 10.8 Å². The molecule has 28 heavy (non-hydrogen) atoms. The number of rotatable bonds is 11. The smallest absolute Gasteiger partial charge is 0.320 e. The lowest BCUT2D eigenvalue weighted by Gasteiger charge is -2.25. The number of carbonyl (C=O) groups excluding carboxylic acids is 3. The van der Waals surface area contributed by atoms with E-state index in [4.69, 9.17) is 20.4 Å². The molecule has 0 aliphatic heterocycles. The molecule has 0 bridgehead atoms. The van der Waals surface area contributed by atoms with Crippen LogP contribution in [0.15, 0.2) is 0 Å². The van der Waals surface area contributed by atoms with Crippen LogP contribution < -0.4 is 0 Å². The predicted molar refractivity (Wildman–Crippen MR) is 101 cm³/mol. The maximum Gasteiger partial charge on any atom is 0.320 e. The lowest BCUT2D eigenvalue weighted by molar-refractivity contribution is -0.160. The number of aliphatic carboxylic acids is 1. The number of hydrogen-bond donors (Lipinski definition) is 1.